The van der Waals surface area contributed by atoms with Crippen LogP contribution in [0, 0.1) is 6.92 Å². The molecule has 3 rings (SSSR count). The van der Waals surface area contributed by atoms with Crippen molar-refractivity contribution in [2.45, 2.75) is 26.7 Å². The number of aromatic nitrogens is 3. The Morgan fingerprint density at radius 3 is 2.64 bits per heavy atom. The molecule has 130 valence electrons. The SMILES string of the molecule is Cc1nn(C)c2nc(C(C)C)cc(C(=O)Nc3cc(Br)ccc3Br)c12. The van der Waals surface area contributed by atoms with Crippen molar-refractivity contribution in [3.05, 3.63) is 50.2 Å². The van der Waals surface area contributed by atoms with Crippen molar-refractivity contribution in [2.24, 2.45) is 7.05 Å². The second-order valence-corrected chi connectivity index (χ2v) is 8.01. The average molecular weight is 466 g/mol. The first-order valence-electron chi connectivity index (χ1n) is 7.88. The number of fused-ring (bicyclic) bond motifs is 1. The molecular formula is C18H18Br2N4O. The molecule has 7 heteroatoms. The van der Waals surface area contributed by atoms with Crippen molar-refractivity contribution in [3.63, 3.8) is 0 Å². The Kier molecular flexibility index (Phi) is 4.97. The Bertz CT molecular complexity index is 979. The van der Waals surface area contributed by atoms with E-state index < -0.39 is 0 Å². The molecule has 3 aromatic rings. The van der Waals surface area contributed by atoms with Gasteiger partial charge in [0, 0.05) is 21.7 Å². The van der Waals surface area contributed by atoms with Crippen LogP contribution in [0.4, 0.5) is 5.69 Å². The minimum Gasteiger partial charge on any atom is -0.321 e. The van der Waals surface area contributed by atoms with E-state index in [2.05, 4.69) is 61.1 Å². The summed E-state index contributed by atoms with van der Waals surface area (Å²) in [7, 11) is 1.85. The molecule has 0 atom stereocenters. The van der Waals surface area contributed by atoms with Gasteiger partial charge in [-0.2, -0.15) is 5.10 Å². The highest BCUT2D eigenvalue weighted by Crippen LogP contribution is 2.29. The molecular weight excluding hydrogens is 448 g/mol. The summed E-state index contributed by atoms with van der Waals surface area (Å²) in [5.41, 5.74) is 3.68. The third-order valence-corrected chi connectivity index (χ3v) is 5.19. The molecule has 0 saturated carbocycles. The maximum absolute atomic E-state index is 13.0. The van der Waals surface area contributed by atoms with Gasteiger partial charge in [-0.25, -0.2) is 4.98 Å². The van der Waals surface area contributed by atoms with Crippen LogP contribution >= 0.6 is 31.9 Å². The van der Waals surface area contributed by atoms with Crippen LogP contribution in [0.5, 0.6) is 0 Å². The molecule has 25 heavy (non-hydrogen) atoms. The second-order valence-electron chi connectivity index (χ2n) is 6.24. The summed E-state index contributed by atoms with van der Waals surface area (Å²) in [4.78, 5) is 17.7. The number of pyridine rings is 1. The van der Waals surface area contributed by atoms with E-state index in [4.69, 9.17) is 0 Å². The number of rotatable bonds is 3. The van der Waals surface area contributed by atoms with Crippen LogP contribution < -0.4 is 5.32 Å². The predicted octanol–water partition coefficient (Wildman–Crippen LogP) is 5.18. The number of hydrogen-bond acceptors (Lipinski definition) is 3. The minimum absolute atomic E-state index is 0.177. The van der Waals surface area contributed by atoms with E-state index in [0.717, 1.165) is 31.4 Å². The molecule has 0 aliphatic rings. The number of nitrogens with zero attached hydrogens (tertiary/aromatic N) is 3. The monoisotopic (exact) mass is 464 g/mol. The van der Waals surface area contributed by atoms with Gasteiger partial charge in [-0.3, -0.25) is 9.48 Å². The van der Waals surface area contributed by atoms with Gasteiger partial charge in [0.25, 0.3) is 5.91 Å². The molecule has 2 aromatic heterocycles. The van der Waals surface area contributed by atoms with Crippen molar-refractivity contribution in [1.82, 2.24) is 14.8 Å². The van der Waals surface area contributed by atoms with Crippen LogP contribution in [0.25, 0.3) is 11.0 Å². The van der Waals surface area contributed by atoms with Crippen molar-refractivity contribution < 1.29 is 4.79 Å². The van der Waals surface area contributed by atoms with Gasteiger partial charge in [0.15, 0.2) is 5.65 Å². The number of benzene rings is 1. The largest absolute Gasteiger partial charge is 0.321 e. The standard InChI is InChI=1S/C18H18Br2N4O/c1-9(2)14-8-12(16-10(3)23-24(4)17(16)21-14)18(25)22-15-7-11(19)5-6-13(15)20/h5-9H,1-4H3,(H,22,25). The molecule has 0 spiro atoms. The molecule has 1 N–H and O–H groups in total. The Hall–Kier alpha value is -1.73. The molecule has 0 saturated heterocycles. The minimum atomic E-state index is -0.177. The van der Waals surface area contributed by atoms with Crippen LogP contribution in [-0.4, -0.2) is 20.7 Å². The molecule has 0 radical (unpaired) electrons. The zero-order valence-corrected chi connectivity index (χ0v) is 17.6. The first-order chi connectivity index (χ1) is 11.8. The summed E-state index contributed by atoms with van der Waals surface area (Å²) in [5.74, 6) is 0.0351. The lowest BCUT2D eigenvalue weighted by atomic mass is 10.0. The molecule has 5 nitrogen and oxygen atoms in total. The van der Waals surface area contributed by atoms with Crippen molar-refractivity contribution >= 4 is 54.5 Å². The zero-order valence-electron chi connectivity index (χ0n) is 14.4. The molecule has 1 aromatic carbocycles. The van der Waals surface area contributed by atoms with Crippen molar-refractivity contribution in [1.29, 1.82) is 0 Å². The van der Waals surface area contributed by atoms with Crippen LogP contribution in [-0.2, 0) is 7.05 Å². The summed E-state index contributed by atoms with van der Waals surface area (Å²) in [5, 5.41) is 8.20. The number of hydrogen-bond donors (Lipinski definition) is 1. The highest BCUT2D eigenvalue weighted by molar-refractivity contribution is 9.11. The Morgan fingerprint density at radius 1 is 1.24 bits per heavy atom. The number of halogens is 2. The van der Waals surface area contributed by atoms with Gasteiger partial charge in [-0.15, -0.1) is 0 Å². The van der Waals surface area contributed by atoms with Gasteiger partial charge < -0.3 is 5.32 Å². The van der Waals surface area contributed by atoms with Crippen molar-refractivity contribution in [2.75, 3.05) is 5.32 Å². The second kappa shape index (κ2) is 6.88. The number of carbonyl (C=O) groups is 1. The molecule has 2 heterocycles. The molecule has 0 bridgehead atoms. The highest BCUT2D eigenvalue weighted by atomic mass is 79.9. The Morgan fingerprint density at radius 2 is 1.96 bits per heavy atom. The van der Waals surface area contributed by atoms with E-state index in [1.165, 1.54) is 0 Å². The molecule has 0 aliphatic heterocycles. The maximum Gasteiger partial charge on any atom is 0.256 e. The van der Waals surface area contributed by atoms with E-state index in [1.807, 2.05) is 38.2 Å². The van der Waals surface area contributed by atoms with E-state index >= 15 is 0 Å². The first kappa shape index (κ1) is 18.1. The third kappa shape index (κ3) is 3.48. The van der Waals surface area contributed by atoms with Crippen LogP contribution in [0.1, 0.15) is 41.5 Å². The van der Waals surface area contributed by atoms with Gasteiger partial charge in [0.2, 0.25) is 0 Å². The van der Waals surface area contributed by atoms with Gasteiger partial charge >= 0.3 is 0 Å². The Labute approximate surface area is 163 Å². The maximum atomic E-state index is 13.0. The fraction of sp³-hybridized carbons (Fsp3) is 0.278. The summed E-state index contributed by atoms with van der Waals surface area (Å²) >= 11 is 6.91. The van der Waals surface area contributed by atoms with E-state index in [1.54, 1.807) is 4.68 Å². The van der Waals surface area contributed by atoms with Gasteiger partial charge in [0.05, 0.1) is 22.3 Å². The number of nitrogens with one attached hydrogen (secondary N) is 1. The van der Waals surface area contributed by atoms with E-state index in [0.29, 0.717) is 11.3 Å². The summed E-state index contributed by atoms with van der Waals surface area (Å²) in [6.07, 6.45) is 0. The lowest BCUT2D eigenvalue weighted by Crippen LogP contribution is -2.14. The summed E-state index contributed by atoms with van der Waals surface area (Å²) < 4.78 is 3.44. The lowest BCUT2D eigenvalue weighted by molar-refractivity contribution is 0.102. The fourth-order valence-corrected chi connectivity index (χ4v) is 3.43. The molecule has 0 fully saturated rings. The zero-order chi connectivity index (χ0) is 18.3. The smallest absolute Gasteiger partial charge is 0.256 e. The molecule has 0 unspecified atom stereocenters. The van der Waals surface area contributed by atoms with E-state index in [-0.39, 0.29) is 11.8 Å². The predicted molar refractivity (Wildman–Crippen MR) is 107 cm³/mol. The molecule has 1 amide bonds. The van der Waals surface area contributed by atoms with Gasteiger partial charge in [-0.1, -0.05) is 29.8 Å². The topological polar surface area (TPSA) is 59.8 Å². The Balaban J connectivity index is 2.13. The van der Waals surface area contributed by atoms with Crippen molar-refractivity contribution in [3.8, 4) is 0 Å². The van der Waals surface area contributed by atoms with E-state index in [9.17, 15) is 4.79 Å². The fourth-order valence-electron chi connectivity index (χ4n) is 2.72. The molecule has 0 aliphatic carbocycles. The summed E-state index contributed by atoms with van der Waals surface area (Å²) in [6.45, 7) is 6.01. The van der Waals surface area contributed by atoms with Gasteiger partial charge in [-0.05, 0) is 53.0 Å². The normalized spacial score (nSPS) is 11.3. The van der Waals surface area contributed by atoms with Crippen LogP contribution in [0.15, 0.2) is 33.2 Å². The summed E-state index contributed by atoms with van der Waals surface area (Å²) in [6, 6.07) is 7.52. The van der Waals surface area contributed by atoms with Crippen LogP contribution in [0.2, 0.25) is 0 Å². The number of carbonyl (C=O) groups excluding carboxylic acids is 1. The number of aryl methyl sites for hydroxylation is 2. The van der Waals surface area contributed by atoms with Crippen LogP contribution in [0.3, 0.4) is 0 Å². The van der Waals surface area contributed by atoms with Gasteiger partial charge in [0.1, 0.15) is 0 Å². The quantitative estimate of drug-likeness (QED) is 0.579. The number of anilines is 1. The number of amides is 1. The average Bonchev–Trinajstić information content (AvgIpc) is 2.84. The highest BCUT2D eigenvalue weighted by Gasteiger charge is 2.20. The lowest BCUT2D eigenvalue weighted by Gasteiger charge is -2.12. The first-order valence-corrected chi connectivity index (χ1v) is 9.47. The third-order valence-electron chi connectivity index (χ3n) is 4.00.